The fourth-order valence-electron chi connectivity index (χ4n) is 1.48. The van der Waals surface area contributed by atoms with Crippen LogP contribution in [0.5, 0.6) is 0 Å². The van der Waals surface area contributed by atoms with E-state index in [1.807, 2.05) is 0 Å². The highest BCUT2D eigenvalue weighted by atomic mass is 35.5. The van der Waals surface area contributed by atoms with Crippen molar-refractivity contribution in [2.45, 2.75) is 6.18 Å². The lowest BCUT2D eigenvalue weighted by Gasteiger charge is -2.13. The van der Waals surface area contributed by atoms with Crippen molar-refractivity contribution in [3.8, 4) is 0 Å². The number of halogens is 5. The SMILES string of the molecule is Nc1ncc(C(F)(F)F)cc1Nc1cccc(Cl)c1Cl. The minimum absolute atomic E-state index is 0.00370. The van der Waals surface area contributed by atoms with Gasteiger partial charge in [-0.2, -0.15) is 13.2 Å². The predicted octanol–water partition coefficient (Wildman–Crippen LogP) is 4.73. The van der Waals surface area contributed by atoms with Crippen LogP contribution in [0, 0.1) is 0 Å². The molecule has 8 heteroatoms. The standard InChI is InChI=1S/C12H8Cl2F3N3/c13-7-2-1-3-8(10(7)14)20-9-4-6(12(15,16)17)5-19-11(9)18/h1-5,20H,(H2,18,19). The number of anilines is 3. The van der Waals surface area contributed by atoms with Crippen LogP contribution in [0.25, 0.3) is 0 Å². The molecule has 0 atom stereocenters. The molecule has 1 aromatic heterocycles. The van der Waals surface area contributed by atoms with E-state index in [-0.39, 0.29) is 21.6 Å². The summed E-state index contributed by atoms with van der Waals surface area (Å²) >= 11 is 11.8. The molecular formula is C12H8Cl2F3N3. The summed E-state index contributed by atoms with van der Waals surface area (Å²) < 4.78 is 37.9. The number of hydrogen-bond acceptors (Lipinski definition) is 3. The summed E-state index contributed by atoms with van der Waals surface area (Å²) in [6, 6.07) is 5.59. The molecule has 3 N–H and O–H groups in total. The van der Waals surface area contributed by atoms with Crippen LogP contribution in [0.4, 0.5) is 30.4 Å². The lowest BCUT2D eigenvalue weighted by atomic mass is 10.2. The number of hydrogen-bond donors (Lipinski definition) is 2. The summed E-state index contributed by atoms with van der Waals surface area (Å²) in [5.41, 5.74) is 4.99. The average Bonchev–Trinajstić information content (AvgIpc) is 2.36. The Balaban J connectivity index is 2.41. The molecular weight excluding hydrogens is 314 g/mol. The first-order valence-corrected chi connectivity index (χ1v) is 6.08. The van der Waals surface area contributed by atoms with E-state index >= 15 is 0 Å². The van der Waals surface area contributed by atoms with Gasteiger partial charge < -0.3 is 11.1 Å². The largest absolute Gasteiger partial charge is 0.417 e. The lowest BCUT2D eigenvalue weighted by Crippen LogP contribution is -2.08. The van der Waals surface area contributed by atoms with Gasteiger partial charge in [0.1, 0.15) is 5.82 Å². The van der Waals surface area contributed by atoms with Crippen LogP contribution in [0.3, 0.4) is 0 Å². The third-order valence-corrected chi connectivity index (χ3v) is 3.29. The van der Waals surface area contributed by atoms with Gasteiger partial charge in [0.15, 0.2) is 0 Å². The maximum Gasteiger partial charge on any atom is 0.417 e. The van der Waals surface area contributed by atoms with Gasteiger partial charge in [0, 0.05) is 6.20 Å². The topological polar surface area (TPSA) is 50.9 Å². The summed E-state index contributed by atoms with van der Waals surface area (Å²) in [4.78, 5) is 3.51. The maximum absolute atomic E-state index is 12.6. The Morgan fingerprint density at radius 2 is 1.85 bits per heavy atom. The fraction of sp³-hybridized carbons (Fsp3) is 0.0833. The molecule has 0 aliphatic rings. The highest BCUT2D eigenvalue weighted by molar-refractivity contribution is 6.43. The summed E-state index contributed by atoms with van der Waals surface area (Å²) in [6.45, 7) is 0. The van der Waals surface area contributed by atoms with Gasteiger partial charge in [0.25, 0.3) is 0 Å². The average molecular weight is 322 g/mol. The van der Waals surface area contributed by atoms with Gasteiger partial charge in [-0.15, -0.1) is 0 Å². The van der Waals surface area contributed by atoms with Crippen LogP contribution < -0.4 is 11.1 Å². The van der Waals surface area contributed by atoms with Crippen LogP contribution in [-0.4, -0.2) is 4.98 Å². The molecule has 0 aliphatic heterocycles. The van der Waals surface area contributed by atoms with Gasteiger partial charge in [-0.25, -0.2) is 4.98 Å². The normalized spacial score (nSPS) is 11.4. The number of nitrogens with zero attached hydrogens (tertiary/aromatic N) is 1. The summed E-state index contributed by atoms with van der Waals surface area (Å²) in [6.07, 6.45) is -3.84. The summed E-state index contributed by atoms with van der Waals surface area (Å²) in [7, 11) is 0. The molecule has 0 bridgehead atoms. The smallest absolute Gasteiger partial charge is 0.382 e. The Hall–Kier alpha value is -1.66. The van der Waals surface area contributed by atoms with Gasteiger partial charge in [0.2, 0.25) is 0 Å². The second-order valence-electron chi connectivity index (χ2n) is 3.88. The third-order valence-electron chi connectivity index (χ3n) is 2.47. The van der Waals surface area contributed by atoms with Crippen molar-refractivity contribution in [3.63, 3.8) is 0 Å². The number of aromatic nitrogens is 1. The molecule has 0 saturated carbocycles. The van der Waals surface area contributed by atoms with Gasteiger partial charge in [-0.1, -0.05) is 29.3 Å². The maximum atomic E-state index is 12.6. The molecule has 1 heterocycles. The molecule has 0 spiro atoms. The predicted molar refractivity (Wildman–Crippen MR) is 73.4 cm³/mol. The van der Waals surface area contributed by atoms with E-state index in [1.165, 1.54) is 0 Å². The van der Waals surface area contributed by atoms with Crippen molar-refractivity contribution in [3.05, 3.63) is 46.1 Å². The minimum Gasteiger partial charge on any atom is -0.382 e. The zero-order valence-electron chi connectivity index (χ0n) is 9.80. The molecule has 0 radical (unpaired) electrons. The van der Waals surface area contributed by atoms with E-state index in [1.54, 1.807) is 18.2 Å². The van der Waals surface area contributed by atoms with Gasteiger partial charge in [-0.05, 0) is 18.2 Å². The van der Waals surface area contributed by atoms with Crippen molar-refractivity contribution in [2.75, 3.05) is 11.1 Å². The molecule has 2 aromatic rings. The zero-order chi connectivity index (χ0) is 14.9. The first-order chi connectivity index (χ1) is 9.29. The van der Waals surface area contributed by atoms with Gasteiger partial charge in [0.05, 0.1) is 27.0 Å². The number of pyridine rings is 1. The highest BCUT2D eigenvalue weighted by Crippen LogP contribution is 2.35. The summed E-state index contributed by atoms with van der Waals surface area (Å²) in [5.74, 6) is -0.0750. The quantitative estimate of drug-likeness (QED) is 0.840. The Kier molecular flexibility index (Phi) is 3.96. The van der Waals surface area contributed by atoms with Crippen LogP contribution in [-0.2, 0) is 6.18 Å². The fourth-order valence-corrected chi connectivity index (χ4v) is 1.82. The van der Waals surface area contributed by atoms with E-state index in [4.69, 9.17) is 28.9 Å². The molecule has 1 aromatic carbocycles. The third kappa shape index (κ3) is 3.08. The number of benzene rings is 1. The van der Waals surface area contributed by atoms with Crippen molar-refractivity contribution < 1.29 is 13.2 Å². The Morgan fingerprint density at radius 3 is 2.50 bits per heavy atom. The number of alkyl halides is 3. The molecule has 106 valence electrons. The monoisotopic (exact) mass is 321 g/mol. The number of nitrogens with two attached hydrogens (primary N) is 1. The molecule has 2 rings (SSSR count). The van der Waals surface area contributed by atoms with Crippen LogP contribution in [0.2, 0.25) is 10.0 Å². The van der Waals surface area contributed by atoms with E-state index in [0.717, 1.165) is 6.07 Å². The minimum atomic E-state index is -4.50. The molecule has 3 nitrogen and oxygen atoms in total. The number of nitrogen functional groups attached to an aromatic ring is 1. The van der Waals surface area contributed by atoms with E-state index in [9.17, 15) is 13.2 Å². The highest BCUT2D eigenvalue weighted by Gasteiger charge is 2.31. The van der Waals surface area contributed by atoms with Crippen LogP contribution in [0.15, 0.2) is 30.5 Å². The zero-order valence-corrected chi connectivity index (χ0v) is 11.3. The molecule has 0 aliphatic carbocycles. The Morgan fingerprint density at radius 1 is 1.15 bits per heavy atom. The molecule has 20 heavy (non-hydrogen) atoms. The van der Waals surface area contributed by atoms with Gasteiger partial charge in [-0.3, -0.25) is 0 Å². The summed E-state index contributed by atoms with van der Waals surface area (Å²) in [5, 5.41) is 3.15. The van der Waals surface area contributed by atoms with Crippen LogP contribution in [0.1, 0.15) is 5.56 Å². The van der Waals surface area contributed by atoms with Crippen molar-refractivity contribution in [1.29, 1.82) is 0 Å². The Labute approximate surface area is 122 Å². The second-order valence-corrected chi connectivity index (χ2v) is 4.67. The number of nitrogens with one attached hydrogen (secondary N) is 1. The first kappa shape index (κ1) is 14.7. The van der Waals surface area contributed by atoms with E-state index < -0.39 is 11.7 Å². The van der Waals surface area contributed by atoms with Gasteiger partial charge >= 0.3 is 6.18 Å². The van der Waals surface area contributed by atoms with Crippen molar-refractivity contribution >= 4 is 40.4 Å². The van der Waals surface area contributed by atoms with Crippen LogP contribution >= 0.6 is 23.2 Å². The molecule has 0 unspecified atom stereocenters. The molecule has 0 fully saturated rings. The second kappa shape index (κ2) is 5.38. The Bertz CT molecular complexity index is 644. The lowest BCUT2D eigenvalue weighted by molar-refractivity contribution is -0.137. The first-order valence-electron chi connectivity index (χ1n) is 5.33. The number of rotatable bonds is 2. The molecule has 0 amide bonds. The van der Waals surface area contributed by atoms with E-state index in [0.29, 0.717) is 11.9 Å². The van der Waals surface area contributed by atoms with Crippen molar-refractivity contribution in [1.82, 2.24) is 4.98 Å². The van der Waals surface area contributed by atoms with E-state index in [2.05, 4.69) is 10.3 Å². The van der Waals surface area contributed by atoms with Crippen molar-refractivity contribution in [2.24, 2.45) is 0 Å². The molecule has 0 saturated heterocycles.